The van der Waals surface area contributed by atoms with E-state index in [1.54, 1.807) is 38.5 Å². The van der Waals surface area contributed by atoms with E-state index in [1.807, 2.05) is 0 Å². The predicted octanol–water partition coefficient (Wildman–Crippen LogP) is -0.461. The molecule has 3 heteroatoms. The summed E-state index contributed by atoms with van der Waals surface area (Å²) in [6, 6.07) is 0. The monoisotopic (exact) mass is 270 g/mol. The van der Waals surface area contributed by atoms with E-state index >= 15 is 0 Å². The Kier molecular flexibility index (Phi) is 3.64. The number of hydrogen-bond acceptors (Lipinski definition) is 2. The average Bonchev–Trinajstić information content (AvgIpc) is 2.27. The summed E-state index contributed by atoms with van der Waals surface area (Å²) in [5, 5.41) is 0. The molecule has 18 heavy (non-hydrogen) atoms. The van der Waals surface area contributed by atoms with Crippen LogP contribution >= 0.6 is 0 Å². The summed E-state index contributed by atoms with van der Waals surface area (Å²) in [5.74, 6) is 3.30. The molecular formula is C15H25ClNO-. The van der Waals surface area contributed by atoms with Crippen molar-refractivity contribution in [2.75, 3.05) is 32.8 Å². The Bertz CT molecular complexity index is 266. The minimum absolute atomic E-state index is 0. The smallest absolute Gasteiger partial charge is 0.0594 e. The lowest BCUT2D eigenvalue weighted by Crippen LogP contribution is -3.00. The second kappa shape index (κ2) is 4.96. The van der Waals surface area contributed by atoms with Crippen LogP contribution in [0.25, 0.3) is 0 Å². The van der Waals surface area contributed by atoms with E-state index in [9.17, 15) is 0 Å². The average molecular weight is 271 g/mol. The molecule has 2 nitrogen and oxygen atoms in total. The molecule has 4 saturated carbocycles. The molecule has 0 aromatic rings. The van der Waals surface area contributed by atoms with Crippen LogP contribution < -0.4 is 12.4 Å². The zero-order valence-electron chi connectivity index (χ0n) is 11.2. The largest absolute Gasteiger partial charge is 1.00 e. The van der Waals surface area contributed by atoms with Crippen molar-refractivity contribution >= 4 is 0 Å². The van der Waals surface area contributed by atoms with E-state index in [-0.39, 0.29) is 12.4 Å². The van der Waals surface area contributed by atoms with Crippen LogP contribution in [0.2, 0.25) is 0 Å². The van der Waals surface area contributed by atoms with E-state index in [1.165, 1.54) is 19.6 Å². The summed E-state index contributed by atoms with van der Waals surface area (Å²) >= 11 is 0. The zero-order chi connectivity index (χ0) is 11.3. The highest BCUT2D eigenvalue weighted by Gasteiger charge is 2.51. The Labute approximate surface area is 117 Å². The molecule has 0 N–H and O–H groups in total. The standard InChI is InChI=1S/C15H25NO.ClH/c1-3-17-4-2-16(1)11-15-8-12-5-13(9-15)7-14(6-12)10-15;/h12-14H,1-11H2;1H/p-1. The molecule has 5 fully saturated rings. The summed E-state index contributed by atoms with van der Waals surface area (Å²) in [6.45, 7) is 5.68. The molecule has 0 amide bonds. The van der Waals surface area contributed by atoms with Gasteiger partial charge in [0.15, 0.2) is 0 Å². The summed E-state index contributed by atoms with van der Waals surface area (Å²) < 4.78 is 5.48. The van der Waals surface area contributed by atoms with Gasteiger partial charge in [0.2, 0.25) is 0 Å². The SMILES string of the molecule is C1CN(CC23CC4CC(CC(C4)C2)C3)CCO1.[Cl-]. The maximum atomic E-state index is 5.48. The number of nitrogens with zero attached hydrogens (tertiary/aromatic N) is 1. The van der Waals surface area contributed by atoms with E-state index in [2.05, 4.69) is 4.90 Å². The lowest BCUT2D eigenvalue weighted by Gasteiger charge is -2.58. The van der Waals surface area contributed by atoms with Gasteiger partial charge in [0.25, 0.3) is 0 Å². The normalized spacial score (nSPS) is 47.0. The van der Waals surface area contributed by atoms with Gasteiger partial charge >= 0.3 is 0 Å². The minimum Gasteiger partial charge on any atom is -1.00 e. The topological polar surface area (TPSA) is 12.5 Å². The van der Waals surface area contributed by atoms with Crippen LogP contribution in [0.3, 0.4) is 0 Å². The zero-order valence-corrected chi connectivity index (χ0v) is 12.0. The quantitative estimate of drug-likeness (QED) is 0.673. The molecule has 0 aromatic heterocycles. The van der Waals surface area contributed by atoms with Crippen LogP contribution in [-0.4, -0.2) is 37.7 Å². The minimum atomic E-state index is 0. The summed E-state index contributed by atoms with van der Waals surface area (Å²) in [7, 11) is 0. The van der Waals surface area contributed by atoms with Crippen LogP contribution in [0.4, 0.5) is 0 Å². The Morgan fingerprint density at radius 2 is 1.39 bits per heavy atom. The predicted molar refractivity (Wildman–Crippen MR) is 67.9 cm³/mol. The molecule has 1 aliphatic heterocycles. The third kappa shape index (κ3) is 2.32. The molecule has 1 heterocycles. The third-order valence-corrected chi connectivity index (χ3v) is 5.83. The van der Waals surface area contributed by atoms with Gasteiger partial charge in [-0.15, -0.1) is 0 Å². The Hall–Kier alpha value is 0.210. The molecule has 104 valence electrons. The molecule has 5 aliphatic rings. The molecule has 0 spiro atoms. The van der Waals surface area contributed by atoms with E-state index < -0.39 is 0 Å². The van der Waals surface area contributed by atoms with Gasteiger partial charge in [0, 0.05) is 19.6 Å². The van der Waals surface area contributed by atoms with Gasteiger partial charge in [-0.25, -0.2) is 0 Å². The van der Waals surface area contributed by atoms with E-state index in [4.69, 9.17) is 4.74 Å². The van der Waals surface area contributed by atoms with Crippen LogP contribution in [0.15, 0.2) is 0 Å². The van der Waals surface area contributed by atoms with Crippen molar-refractivity contribution in [1.82, 2.24) is 4.90 Å². The molecular weight excluding hydrogens is 246 g/mol. The van der Waals surface area contributed by atoms with E-state index in [0.717, 1.165) is 36.4 Å². The molecule has 0 aromatic carbocycles. The molecule has 0 atom stereocenters. The van der Waals surface area contributed by atoms with Crippen molar-refractivity contribution in [1.29, 1.82) is 0 Å². The molecule has 0 unspecified atom stereocenters. The van der Waals surface area contributed by atoms with Gasteiger partial charge in [-0.1, -0.05) is 0 Å². The van der Waals surface area contributed by atoms with Gasteiger partial charge < -0.3 is 17.1 Å². The summed E-state index contributed by atoms with van der Waals surface area (Å²) in [6.07, 6.45) is 9.37. The number of ether oxygens (including phenoxy) is 1. The highest BCUT2D eigenvalue weighted by molar-refractivity contribution is 5.02. The fraction of sp³-hybridized carbons (Fsp3) is 1.00. The first-order valence-corrected chi connectivity index (χ1v) is 7.61. The van der Waals surface area contributed by atoms with Crippen molar-refractivity contribution in [2.45, 2.75) is 38.5 Å². The highest BCUT2D eigenvalue weighted by atomic mass is 35.5. The van der Waals surface area contributed by atoms with Crippen LogP contribution in [0.5, 0.6) is 0 Å². The maximum absolute atomic E-state index is 5.48. The number of rotatable bonds is 2. The maximum Gasteiger partial charge on any atom is 0.0594 e. The van der Waals surface area contributed by atoms with Crippen molar-refractivity contribution in [3.8, 4) is 0 Å². The van der Waals surface area contributed by atoms with Crippen LogP contribution in [0.1, 0.15) is 38.5 Å². The molecule has 0 radical (unpaired) electrons. The van der Waals surface area contributed by atoms with Gasteiger partial charge in [0.1, 0.15) is 0 Å². The Morgan fingerprint density at radius 3 is 1.89 bits per heavy atom. The third-order valence-electron chi connectivity index (χ3n) is 5.83. The van der Waals surface area contributed by atoms with Crippen LogP contribution in [0, 0.1) is 23.2 Å². The van der Waals surface area contributed by atoms with E-state index in [0.29, 0.717) is 0 Å². The Balaban J connectivity index is 0.000001000. The molecule has 4 aliphatic carbocycles. The second-order valence-electron chi connectivity index (χ2n) is 7.31. The highest BCUT2D eigenvalue weighted by Crippen LogP contribution is 2.60. The molecule has 4 bridgehead atoms. The number of halogens is 1. The van der Waals surface area contributed by atoms with Gasteiger partial charge in [-0.05, 0) is 61.7 Å². The van der Waals surface area contributed by atoms with Gasteiger partial charge in [-0.3, -0.25) is 4.90 Å². The fourth-order valence-electron chi connectivity index (χ4n) is 5.72. The second-order valence-corrected chi connectivity index (χ2v) is 7.31. The number of hydrogen-bond donors (Lipinski definition) is 0. The first-order valence-electron chi connectivity index (χ1n) is 7.61. The first-order chi connectivity index (χ1) is 8.31. The first kappa shape index (κ1) is 13.2. The lowest BCUT2D eigenvalue weighted by atomic mass is 9.49. The van der Waals surface area contributed by atoms with Gasteiger partial charge in [0.05, 0.1) is 13.2 Å². The van der Waals surface area contributed by atoms with Crippen molar-refractivity contribution < 1.29 is 17.1 Å². The van der Waals surface area contributed by atoms with Crippen molar-refractivity contribution in [3.63, 3.8) is 0 Å². The molecule has 5 rings (SSSR count). The summed E-state index contributed by atoms with van der Waals surface area (Å²) in [4.78, 5) is 2.69. The van der Waals surface area contributed by atoms with Crippen molar-refractivity contribution in [2.24, 2.45) is 23.2 Å². The fourth-order valence-corrected chi connectivity index (χ4v) is 5.72. The molecule has 1 saturated heterocycles. The number of morpholine rings is 1. The van der Waals surface area contributed by atoms with Crippen molar-refractivity contribution in [3.05, 3.63) is 0 Å². The van der Waals surface area contributed by atoms with Crippen LogP contribution in [-0.2, 0) is 4.74 Å². The Morgan fingerprint density at radius 1 is 0.889 bits per heavy atom. The lowest BCUT2D eigenvalue weighted by molar-refractivity contribution is -0.0807. The van der Waals surface area contributed by atoms with Gasteiger partial charge in [-0.2, -0.15) is 0 Å². The summed E-state index contributed by atoms with van der Waals surface area (Å²) in [5.41, 5.74) is 0.728.